The van der Waals surface area contributed by atoms with Crippen LogP contribution in [0.4, 0.5) is 0 Å². The number of Topliss-reactive ketones (excluding diaryl/α,β-unsaturated/α-hetero) is 1. The molecule has 0 radical (unpaired) electrons. The number of benzene rings is 1. The van der Waals surface area contributed by atoms with Gasteiger partial charge in [-0.25, -0.2) is 0 Å². The van der Waals surface area contributed by atoms with Crippen LogP contribution in [-0.2, 0) is 35.1 Å². The molecular formula is C39H64N4O7. The molecular weight excluding hydrogens is 636 g/mol. The average molecular weight is 701 g/mol. The van der Waals surface area contributed by atoms with E-state index in [1.165, 1.54) is 19.3 Å². The van der Waals surface area contributed by atoms with E-state index in [2.05, 4.69) is 22.5 Å². The molecule has 1 aromatic rings. The molecule has 11 heteroatoms. The predicted octanol–water partition coefficient (Wildman–Crippen LogP) is 5.61. The molecule has 1 aliphatic heterocycles. The fourth-order valence-corrected chi connectivity index (χ4v) is 6.17. The van der Waals surface area contributed by atoms with E-state index in [0.717, 1.165) is 76.6 Å². The van der Waals surface area contributed by atoms with Crippen LogP contribution in [0.3, 0.4) is 0 Å². The molecule has 0 saturated carbocycles. The molecule has 282 valence electrons. The Morgan fingerprint density at radius 1 is 0.860 bits per heavy atom. The molecule has 50 heavy (non-hydrogen) atoms. The summed E-state index contributed by atoms with van der Waals surface area (Å²) >= 11 is 0. The van der Waals surface area contributed by atoms with E-state index >= 15 is 0 Å². The topological polar surface area (TPSA) is 157 Å². The molecule has 3 unspecified atom stereocenters. The number of likely N-dealkylation sites (tertiary alicyclic amines) is 1. The maximum absolute atomic E-state index is 13.8. The van der Waals surface area contributed by atoms with Crippen molar-refractivity contribution in [1.29, 1.82) is 0 Å². The summed E-state index contributed by atoms with van der Waals surface area (Å²) in [6.07, 6.45) is 12.5. The molecule has 1 aliphatic rings. The number of nitrogens with two attached hydrogens (primary N) is 1. The summed E-state index contributed by atoms with van der Waals surface area (Å²) in [6.45, 7) is 9.66. The Balaban J connectivity index is 1.91. The molecule has 0 aromatic heterocycles. The number of nitrogens with one attached hydrogen (secondary N) is 2. The van der Waals surface area contributed by atoms with Gasteiger partial charge in [-0.05, 0) is 94.6 Å². The Labute approximate surface area is 300 Å². The van der Waals surface area contributed by atoms with Crippen LogP contribution in [0.2, 0.25) is 0 Å². The van der Waals surface area contributed by atoms with Crippen LogP contribution in [0.5, 0.6) is 5.75 Å². The fraction of sp³-hybridized carbons (Fsp3) is 0.718. The number of hydrogen-bond acceptors (Lipinski definition) is 8. The van der Waals surface area contributed by atoms with Gasteiger partial charge in [0.25, 0.3) is 0 Å². The number of rotatable bonds is 27. The maximum atomic E-state index is 13.8. The van der Waals surface area contributed by atoms with Crippen molar-refractivity contribution in [2.75, 3.05) is 33.0 Å². The number of piperidine rings is 1. The zero-order valence-corrected chi connectivity index (χ0v) is 31.0. The number of nitrogens with zero attached hydrogens (tertiary/aromatic N) is 1. The quantitative estimate of drug-likeness (QED) is 0.0607. The van der Waals surface area contributed by atoms with Crippen molar-refractivity contribution in [3.63, 3.8) is 0 Å². The lowest BCUT2D eigenvalue weighted by molar-refractivity contribution is -0.150. The lowest BCUT2D eigenvalue weighted by atomic mass is 9.84. The summed E-state index contributed by atoms with van der Waals surface area (Å²) in [4.78, 5) is 65.4. The van der Waals surface area contributed by atoms with Gasteiger partial charge in [0.05, 0.1) is 6.04 Å². The maximum Gasteiger partial charge on any atom is 0.308 e. The molecule has 1 saturated heterocycles. The number of carbonyl (C=O) groups excluding carboxylic acids is 5. The Kier molecular flexibility index (Phi) is 21.8. The van der Waals surface area contributed by atoms with Crippen molar-refractivity contribution < 1.29 is 33.4 Å². The van der Waals surface area contributed by atoms with Crippen molar-refractivity contribution in [2.24, 2.45) is 17.6 Å². The summed E-state index contributed by atoms with van der Waals surface area (Å²) in [6, 6.07) is 6.40. The summed E-state index contributed by atoms with van der Waals surface area (Å²) in [5, 5.41) is 5.92. The van der Waals surface area contributed by atoms with Crippen LogP contribution in [0.1, 0.15) is 129 Å². The lowest BCUT2D eigenvalue weighted by Crippen LogP contribution is -2.45. The monoisotopic (exact) mass is 700 g/mol. The summed E-state index contributed by atoms with van der Waals surface area (Å²) in [5.74, 6) is -1.16. The van der Waals surface area contributed by atoms with Gasteiger partial charge in [-0.1, -0.05) is 65.0 Å². The van der Waals surface area contributed by atoms with Crippen LogP contribution in [0, 0.1) is 11.8 Å². The minimum Gasteiger partial charge on any atom is -0.457 e. The molecule has 0 aliphatic carbocycles. The zero-order chi connectivity index (χ0) is 36.6. The SMILES string of the molecule is CCCCCC(=O)NC(Cc1ccc(OCOC(=O)CCCCN2CCCCC2)cc1)C(=O)CC(C(=O)NCCCCCC(N)=O)C(C)CC. The summed E-state index contributed by atoms with van der Waals surface area (Å²) in [5.41, 5.74) is 6.03. The van der Waals surface area contributed by atoms with Gasteiger partial charge in [0.1, 0.15) is 5.75 Å². The first kappa shape index (κ1) is 42.7. The van der Waals surface area contributed by atoms with Crippen LogP contribution in [0.15, 0.2) is 24.3 Å². The van der Waals surface area contributed by atoms with Crippen molar-refractivity contribution in [1.82, 2.24) is 15.5 Å². The summed E-state index contributed by atoms with van der Waals surface area (Å²) < 4.78 is 10.9. The molecule has 3 amide bonds. The zero-order valence-electron chi connectivity index (χ0n) is 31.0. The van der Waals surface area contributed by atoms with Crippen LogP contribution >= 0.6 is 0 Å². The highest BCUT2D eigenvalue weighted by atomic mass is 16.7. The largest absolute Gasteiger partial charge is 0.457 e. The van der Waals surface area contributed by atoms with Crippen molar-refractivity contribution in [2.45, 2.75) is 136 Å². The van der Waals surface area contributed by atoms with Gasteiger partial charge < -0.3 is 30.7 Å². The number of unbranched alkanes of at least 4 members (excludes halogenated alkanes) is 5. The average Bonchev–Trinajstić information content (AvgIpc) is 3.11. The molecule has 3 atom stereocenters. The van der Waals surface area contributed by atoms with Gasteiger partial charge in [-0.3, -0.25) is 24.0 Å². The van der Waals surface area contributed by atoms with Crippen molar-refractivity contribution >= 4 is 29.5 Å². The normalized spacial score (nSPS) is 15.0. The first-order chi connectivity index (χ1) is 24.1. The third-order valence-corrected chi connectivity index (χ3v) is 9.58. The highest BCUT2D eigenvalue weighted by Crippen LogP contribution is 2.22. The van der Waals surface area contributed by atoms with Crippen molar-refractivity contribution in [3.8, 4) is 5.75 Å². The fourth-order valence-electron chi connectivity index (χ4n) is 6.17. The van der Waals surface area contributed by atoms with Crippen LogP contribution in [-0.4, -0.2) is 73.4 Å². The second kappa shape index (κ2) is 25.5. The predicted molar refractivity (Wildman–Crippen MR) is 195 cm³/mol. The lowest BCUT2D eigenvalue weighted by Gasteiger charge is -2.26. The van der Waals surface area contributed by atoms with Gasteiger partial charge in [0.15, 0.2) is 5.78 Å². The molecule has 1 heterocycles. The third kappa shape index (κ3) is 18.5. The number of hydrogen-bond donors (Lipinski definition) is 3. The van der Waals surface area contributed by atoms with E-state index in [1.807, 2.05) is 26.0 Å². The smallest absolute Gasteiger partial charge is 0.308 e. The number of amides is 3. The van der Waals surface area contributed by atoms with Gasteiger partial charge in [-0.15, -0.1) is 0 Å². The molecule has 1 fully saturated rings. The first-order valence-corrected chi connectivity index (χ1v) is 19.1. The molecule has 11 nitrogen and oxygen atoms in total. The second-order valence-electron chi connectivity index (χ2n) is 13.8. The molecule has 2 rings (SSSR count). The summed E-state index contributed by atoms with van der Waals surface area (Å²) in [7, 11) is 0. The third-order valence-electron chi connectivity index (χ3n) is 9.58. The number of ether oxygens (including phenoxy) is 2. The Morgan fingerprint density at radius 3 is 2.24 bits per heavy atom. The van der Waals surface area contributed by atoms with E-state index in [1.54, 1.807) is 12.1 Å². The first-order valence-electron chi connectivity index (χ1n) is 19.1. The molecule has 0 spiro atoms. The van der Waals surface area contributed by atoms with E-state index in [9.17, 15) is 24.0 Å². The van der Waals surface area contributed by atoms with E-state index in [0.29, 0.717) is 38.0 Å². The number of ketones is 1. The number of primary amides is 1. The minimum absolute atomic E-state index is 0.0211. The highest BCUT2D eigenvalue weighted by Gasteiger charge is 2.30. The number of esters is 1. The second-order valence-corrected chi connectivity index (χ2v) is 13.8. The molecule has 1 aromatic carbocycles. The van der Waals surface area contributed by atoms with E-state index in [4.69, 9.17) is 15.2 Å². The van der Waals surface area contributed by atoms with Gasteiger partial charge in [-0.2, -0.15) is 0 Å². The Morgan fingerprint density at radius 2 is 1.56 bits per heavy atom. The van der Waals surface area contributed by atoms with Gasteiger partial charge >= 0.3 is 5.97 Å². The van der Waals surface area contributed by atoms with Gasteiger partial charge in [0, 0.05) is 38.1 Å². The van der Waals surface area contributed by atoms with Crippen molar-refractivity contribution in [3.05, 3.63) is 29.8 Å². The van der Waals surface area contributed by atoms with Crippen LogP contribution in [0.25, 0.3) is 0 Å². The van der Waals surface area contributed by atoms with Gasteiger partial charge in [0.2, 0.25) is 24.5 Å². The molecule has 4 N–H and O–H groups in total. The Hall–Kier alpha value is -3.47. The van der Waals surface area contributed by atoms with E-state index < -0.39 is 12.0 Å². The van der Waals surface area contributed by atoms with E-state index in [-0.39, 0.29) is 55.0 Å². The van der Waals surface area contributed by atoms with Crippen LogP contribution < -0.4 is 21.1 Å². The standard InChI is InChI=1S/C39H64N4O7/c1-4-6-9-17-37(46)42-34(35(44)28-33(30(3)5-2)39(48)41-23-12-7-10-16-36(40)45)27-31-19-21-32(22-20-31)49-29-50-38(47)18-11-15-26-43-24-13-8-14-25-43/h19-22,30,33-34H,4-18,23-29H2,1-3H3,(H2,40,45)(H,41,48)(H,42,46). The highest BCUT2D eigenvalue weighted by molar-refractivity contribution is 5.92. The minimum atomic E-state index is -0.778. The molecule has 0 bridgehead atoms. The number of carbonyl (C=O) groups is 5. The Bertz CT molecular complexity index is 1150.